The van der Waals surface area contributed by atoms with Crippen LogP contribution in [-0.2, 0) is 19.1 Å². The first-order chi connectivity index (χ1) is 4.61. The summed E-state index contributed by atoms with van der Waals surface area (Å²) in [4.78, 5) is 30.5. The minimum atomic E-state index is -0.954. The molecule has 1 saturated heterocycles. The largest absolute Gasteiger partial charge is 0.392 e. The predicted octanol–water partition coefficient (Wildman–Crippen LogP) is -0.208. The van der Waals surface area contributed by atoms with Gasteiger partial charge < -0.3 is 4.74 Å². The van der Waals surface area contributed by atoms with Crippen molar-refractivity contribution in [2.75, 3.05) is 0 Å². The molecule has 0 aromatic carbocycles. The lowest BCUT2D eigenvalue weighted by molar-refractivity contribution is -0.164. The Hall–Kier alpha value is -0.710. The van der Waals surface area contributed by atoms with Gasteiger partial charge in [0.05, 0.1) is 0 Å². The molecular weight excluding hydrogens is 204 g/mol. The summed E-state index contributed by atoms with van der Waals surface area (Å²) in [6.07, 6.45) is -0.318. The van der Waals surface area contributed by atoms with Gasteiger partial charge in [-0.25, -0.2) is 4.79 Å². The van der Waals surface area contributed by atoms with Crippen molar-refractivity contribution < 1.29 is 19.1 Å². The Labute approximate surface area is 64.7 Å². The number of esters is 2. The van der Waals surface area contributed by atoms with Crippen molar-refractivity contribution in [1.29, 1.82) is 0 Å². The quantitative estimate of drug-likeness (QED) is 0.313. The van der Waals surface area contributed by atoms with Crippen LogP contribution < -0.4 is 0 Å². The number of rotatable bonds is 0. The van der Waals surface area contributed by atoms with E-state index in [1.807, 2.05) is 0 Å². The lowest BCUT2D eigenvalue weighted by Crippen LogP contribution is -2.36. The zero-order valence-electron chi connectivity index (χ0n) is 4.80. The lowest BCUT2D eigenvalue weighted by atomic mass is 10.2. The summed E-state index contributed by atoms with van der Waals surface area (Å²) in [6.45, 7) is 0. The summed E-state index contributed by atoms with van der Waals surface area (Å²) in [5.41, 5.74) is 0. The van der Waals surface area contributed by atoms with Crippen molar-refractivity contribution in [1.82, 2.24) is 0 Å². The molecule has 0 amide bonds. The van der Waals surface area contributed by atoms with E-state index in [1.165, 1.54) is 0 Å². The van der Waals surface area contributed by atoms with Crippen LogP contribution in [0.3, 0.4) is 0 Å². The number of hydrogen-bond donors (Lipinski definition) is 0. The molecule has 0 bridgehead atoms. The van der Waals surface area contributed by atoms with E-state index < -0.39 is 22.5 Å². The first-order valence-electron chi connectivity index (χ1n) is 2.52. The molecule has 1 fully saturated rings. The van der Waals surface area contributed by atoms with E-state index in [0.29, 0.717) is 0 Å². The summed E-state index contributed by atoms with van der Waals surface area (Å²) in [5, 5.41) is 0. The molecule has 1 atom stereocenters. The summed E-state index contributed by atoms with van der Waals surface area (Å²) < 4.78 is 4.12. The first-order valence-corrected chi connectivity index (χ1v) is 3.44. The van der Waals surface area contributed by atoms with Crippen molar-refractivity contribution >= 4 is 33.7 Å². The van der Waals surface area contributed by atoms with E-state index in [-0.39, 0.29) is 6.42 Å². The Balaban J connectivity index is 2.76. The molecule has 54 valence electrons. The topological polar surface area (TPSA) is 60.4 Å². The van der Waals surface area contributed by atoms with E-state index in [1.54, 1.807) is 0 Å². The molecule has 0 aromatic heterocycles. The average Bonchev–Trinajstić information content (AvgIpc) is 1.82. The van der Waals surface area contributed by atoms with E-state index in [4.69, 9.17) is 0 Å². The van der Waals surface area contributed by atoms with Crippen LogP contribution in [0.15, 0.2) is 0 Å². The summed E-state index contributed by atoms with van der Waals surface area (Å²) in [5.74, 6) is -2.03. The number of carbonyl (C=O) groups excluding carboxylic acids is 3. The number of hydrogen-bond acceptors (Lipinski definition) is 4. The third kappa shape index (κ3) is 1.23. The fourth-order valence-corrected chi connectivity index (χ4v) is 0.819. The van der Waals surface area contributed by atoms with E-state index in [9.17, 15) is 14.4 Å². The number of ether oxygens (including phenoxy) is 1. The summed E-state index contributed by atoms with van der Waals surface area (Å²) in [6, 6.07) is 0. The Morgan fingerprint density at radius 2 is 2.00 bits per heavy atom. The molecule has 1 unspecified atom stereocenters. The highest BCUT2D eigenvalue weighted by Gasteiger charge is 2.34. The van der Waals surface area contributed by atoms with Crippen LogP contribution in [0, 0.1) is 0 Å². The van der Waals surface area contributed by atoms with E-state index in [0.717, 1.165) is 0 Å². The molecule has 1 aliphatic heterocycles. The van der Waals surface area contributed by atoms with Gasteiger partial charge >= 0.3 is 11.9 Å². The highest BCUT2D eigenvalue weighted by molar-refractivity contribution is 9.10. The van der Waals surface area contributed by atoms with Gasteiger partial charge in [0.25, 0.3) is 0 Å². The van der Waals surface area contributed by atoms with Crippen LogP contribution in [0.25, 0.3) is 0 Å². The first kappa shape index (κ1) is 7.40. The fraction of sp³-hybridized carbons (Fsp3) is 0.400. The monoisotopic (exact) mass is 206 g/mol. The van der Waals surface area contributed by atoms with Gasteiger partial charge in [0.2, 0.25) is 0 Å². The molecule has 0 saturated carbocycles. The third-order valence-electron chi connectivity index (χ3n) is 1.02. The number of halogens is 1. The maximum Gasteiger partial charge on any atom is 0.335 e. The maximum atomic E-state index is 10.6. The highest BCUT2D eigenvalue weighted by atomic mass is 79.9. The van der Waals surface area contributed by atoms with E-state index in [2.05, 4.69) is 20.7 Å². The third-order valence-corrected chi connectivity index (χ3v) is 1.91. The van der Waals surface area contributed by atoms with Crippen LogP contribution in [0.5, 0.6) is 0 Å². The molecule has 1 rings (SSSR count). The number of cyclic esters (lactones) is 2. The molecular formula is C5H3BrO4. The van der Waals surface area contributed by atoms with Gasteiger partial charge in [-0.05, 0) is 0 Å². The second-order valence-electron chi connectivity index (χ2n) is 1.80. The maximum absolute atomic E-state index is 10.6. The summed E-state index contributed by atoms with van der Waals surface area (Å²) in [7, 11) is 0. The molecule has 0 aliphatic carbocycles. The Kier molecular flexibility index (Phi) is 1.85. The van der Waals surface area contributed by atoms with Gasteiger partial charge in [-0.1, -0.05) is 15.9 Å². The SMILES string of the molecule is O=C1CC(=O)C(Br)C(=O)O1. The fourth-order valence-electron chi connectivity index (χ4n) is 0.563. The van der Waals surface area contributed by atoms with Crippen LogP contribution in [0.2, 0.25) is 0 Å². The van der Waals surface area contributed by atoms with Gasteiger partial charge in [-0.2, -0.15) is 0 Å². The normalized spacial score (nSPS) is 26.5. The molecule has 0 spiro atoms. The number of Topliss-reactive ketones (excluding diaryl/α,β-unsaturated/α-hetero) is 1. The van der Waals surface area contributed by atoms with Gasteiger partial charge in [0.15, 0.2) is 10.6 Å². The van der Waals surface area contributed by atoms with Crippen LogP contribution in [-0.4, -0.2) is 22.5 Å². The standard InChI is InChI=1S/C5H3BrO4/c6-4-2(7)1-3(8)10-5(4)9/h4H,1H2. The van der Waals surface area contributed by atoms with Crippen molar-refractivity contribution in [2.24, 2.45) is 0 Å². The predicted molar refractivity (Wildman–Crippen MR) is 33.4 cm³/mol. The van der Waals surface area contributed by atoms with Crippen molar-refractivity contribution in [3.63, 3.8) is 0 Å². The number of carbonyl (C=O) groups is 3. The molecule has 0 N–H and O–H groups in total. The minimum Gasteiger partial charge on any atom is -0.392 e. The molecule has 4 nitrogen and oxygen atoms in total. The van der Waals surface area contributed by atoms with Crippen molar-refractivity contribution in [3.8, 4) is 0 Å². The molecule has 5 heteroatoms. The van der Waals surface area contributed by atoms with Crippen LogP contribution in [0.1, 0.15) is 6.42 Å². The molecule has 0 radical (unpaired) electrons. The average molecular weight is 207 g/mol. The number of alkyl halides is 1. The highest BCUT2D eigenvalue weighted by Crippen LogP contribution is 2.12. The van der Waals surface area contributed by atoms with Gasteiger partial charge in [0, 0.05) is 0 Å². The van der Waals surface area contributed by atoms with Gasteiger partial charge in [-0.15, -0.1) is 0 Å². The van der Waals surface area contributed by atoms with Crippen LogP contribution >= 0.6 is 15.9 Å². The Morgan fingerprint density at radius 1 is 1.40 bits per heavy atom. The number of ketones is 1. The van der Waals surface area contributed by atoms with E-state index >= 15 is 0 Å². The smallest absolute Gasteiger partial charge is 0.335 e. The van der Waals surface area contributed by atoms with Crippen molar-refractivity contribution in [2.45, 2.75) is 11.2 Å². The molecule has 10 heavy (non-hydrogen) atoms. The van der Waals surface area contributed by atoms with Gasteiger partial charge in [-0.3, -0.25) is 9.59 Å². The van der Waals surface area contributed by atoms with Crippen LogP contribution in [0.4, 0.5) is 0 Å². The van der Waals surface area contributed by atoms with Crippen molar-refractivity contribution in [3.05, 3.63) is 0 Å². The Morgan fingerprint density at radius 3 is 2.50 bits per heavy atom. The summed E-state index contributed by atoms with van der Waals surface area (Å²) >= 11 is 2.77. The minimum absolute atomic E-state index is 0.318. The second-order valence-corrected chi connectivity index (χ2v) is 2.71. The zero-order chi connectivity index (χ0) is 7.72. The van der Waals surface area contributed by atoms with Gasteiger partial charge in [0.1, 0.15) is 6.42 Å². The molecule has 1 aliphatic rings. The second kappa shape index (κ2) is 2.49. The lowest BCUT2D eigenvalue weighted by Gasteiger charge is -2.11. The molecule has 0 aromatic rings. The Bertz CT molecular complexity index is 190. The zero-order valence-corrected chi connectivity index (χ0v) is 6.38. The molecule has 1 heterocycles.